The Morgan fingerprint density at radius 1 is 1.45 bits per heavy atom. The zero-order chi connectivity index (χ0) is 15.1. The number of H-pyrrole nitrogens is 1. The summed E-state index contributed by atoms with van der Waals surface area (Å²) in [5.74, 6) is 0.196. The molecule has 0 saturated heterocycles. The van der Waals surface area contributed by atoms with Gasteiger partial charge in [0.1, 0.15) is 0 Å². The van der Waals surface area contributed by atoms with Gasteiger partial charge >= 0.3 is 5.69 Å². The fourth-order valence-corrected chi connectivity index (χ4v) is 2.13. The van der Waals surface area contributed by atoms with Gasteiger partial charge in [0.15, 0.2) is 0 Å². The predicted molar refractivity (Wildman–Crippen MR) is 76.5 cm³/mol. The first-order valence-corrected chi connectivity index (χ1v) is 6.91. The molecule has 6 heteroatoms. The van der Waals surface area contributed by atoms with Crippen LogP contribution in [0.3, 0.4) is 0 Å². The lowest BCUT2D eigenvalue weighted by atomic mass is 10.0. The molecule has 20 heavy (non-hydrogen) atoms. The highest BCUT2D eigenvalue weighted by molar-refractivity contribution is 5.79. The normalized spacial score (nSPS) is 12.2. The molecule has 1 aromatic heterocycles. The van der Waals surface area contributed by atoms with Crippen LogP contribution >= 0.6 is 0 Å². The van der Waals surface area contributed by atoms with Crippen LogP contribution in [0.1, 0.15) is 36.7 Å². The lowest BCUT2D eigenvalue weighted by molar-refractivity contribution is -0.120. The van der Waals surface area contributed by atoms with Gasteiger partial charge in [0.05, 0.1) is 6.42 Å². The molecule has 0 fully saturated rings. The van der Waals surface area contributed by atoms with Crippen LogP contribution in [0.25, 0.3) is 0 Å². The van der Waals surface area contributed by atoms with Crippen molar-refractivity contribution in [1.29, 1.82) is 0 Å². The largest absolute Gasteiger partial charge is 0.396 e. The maximum Gasteiger partial charge on any atom is 0.345 e. The fraction of sp³-hybridized carbons (Fsp3) is 0.643. The number of nitrogens with one attached hydrogen (secondary N) is 2. The molecular weight excluding hydrogens is 258 g/mol. The molecule has 1 rings (SSSR count). The van der Waals surface area contributed by atoms with Crippen molar-refractivity contribution in [3.63, 3.8) is 0 Å². The molecule has 0 aromatic carbocycles. The number of nitrogens with zero attached hydrogens (tertiary/aromatic N) is 1. The van der Waals surface area contributed by atoms with Gasteiger partial charge in [-0.2, -0.15) is 4.98 Å². The summed E-state index contributed by atoms with van der Waals surface area (Å²) in [4.78, 5) is 29.5. The number of aryl methyl sites for hydroxylation is 2. The van der Waals surface area contributed by atoms with E-state index in [1.807, 2.05) is 6.92 Å². The second-order valence-corrected chi connectivity index (χ2v) is 5.00. The van der Waals surface area contributed by atoms with E-state index in [1.165, 1.54) is 0 Å². The Morgan fingerprint density at radius 2 is 2.15 bits per heavy atom. The molecule has 3 N–H and O–H groups in total. The van der Waals surface area contributed by atoms with Crippen molar-refractivity contribution in [3.05, 3.63) is 27.4 Å². The maximum atomic E-state index is 11.9. The standard InChI is InChI=1S/C14H23N3O3/c1-4-11(5-6-18)8-15-13(19)7-12-9(2)16-14(20)17-10(12)3/h11,18H,4-8H2,1-3H3,(H,15,19)(H,16,17,20). The summed E-state index contributed by atoms with van der Waals surface area (Å²) in [6, 6.07) is 0. The molecule has 0 spiro atoms. The number of carbonyl (C=O) groups excluding carboxylic acids is 1. The molecule has 6 nitrogen and oxygen atoms in total. The Morgan fingerprint density at radius 3 is 2.70 bits per heavy atom. The van der Waals surface area contributed by atoms with Crippen molar-refractivity contribution in [2.45, 2.75) is 40.0 Å². The molecule has 0 aliphatic carbocycles. The van der Waals surface area contributed by atoms with E-state index >= 15 is 0 Å². The molecule has 1 unspecified atom stereocenters. The third-order valence-corrected chi connectivity index (χ3v) is 3.49. The number of amides is 1. The first-order valence-electron chi connectivity index (χ1n) is 6.91. The van der Waals surface area contributed by atoms with E-state index in [2.05, 4.69) is 15.3 Å². The van der Waals surface area contributed by atoms with Crippen LogP contribution in [-0.2, 0) is 11.2 Å². The second kappa shape index (κ2) is 7.79. The van der Waals surface area contributed by atoms with Crippen LogP contribution in [0.4, 0.5) is 0 Å². The van der Waals surface area contributed by atoms with Gasteiger partial charge < -0.3 is 15.4 Å². The number of aromatic amines is 1. The summed E-state index contributed by atoms with van der Waals surface area (Å²) < 4.78 is 0. The van der Waals surface area contributed by atoms with Crippen LogP contribution in [0.15, 0.2) is 4.79 Å². The van der Waals surface area contributed by atoms with Gasteiger partial charge in [-0.1, -0.05) is 13.3 Å². The molecule has 112 valence electrons. The molecule has 1 heterocycles. The summed E-state index contributed by atoms with van der Waals surface area (Å²) in [5.41, 5.74) is 1.64. The van der Waals surface area contributed by atoms with Gasteiger partial charge in [-0.15, -0.1) is 0 Å². The van der Waals surface area contributed by atoms with Crippen molar-refractivity contribution >= 4 is 5.91 Å². The first-order chi connectivity index (χ1) is 9.47. The van der Waals surface area contributed by atoms with Crippen LogP contribution in [-0.4, -0.2) is 34.1 Å². The quantitative estimate of drug-likeness (QED) is 0.676. The van der Waals surface area contributed by atoms with E-state index in [0.29, 0.717) is 30.3 Å². The monoisotopic (exact) mass is 281 g/mol. The van der Waals surface area contributed by atoms with Gasteiger partial charge in [0.25, 0.3) is 0 Å². The molecule has 0 radical (unpaired) electrons. The van der Waals surface area contributed by atoms with E-state index in [-0.39, 0.29) is 18.9 Å². The van der Waals surface area contributed by atoms with Crippen molar-refractivity contribution in [3.8, 4) is 0 Å². The van der Waals surface area contributed by atoms with Crippen LogP contribution in [0, 0.1) is 19.8 Å². The predicted octanol–water partition coefficient (Wildman–Crippen LogP) is 0.454. The van der Waals surface area contributed by atoms with Gasteiger partial charge in [-0.05, 0) is 26.2 Å². The van der Waals surface area contributed by atoms with E-state index in [1.54, 1.807) is 13.8 Å². The zero-order valence-corrected chi connectivity index (χ0v) is 12.3. The lowest BCUT2D eigenvalue weighted by Gasteiger charge is -2.15. The molecule has 0 aliphatic heterocycles. The summed E-state index contributed by atoms with van der Waals surface area (Å²) in [6.07, 6.45) is 1.81. The molecule has 1 atom stereocenters. The van der Waals surface area contributed by atoms with Crippen molar-refractivity contribution < 1.29 is 9.90 Å². The minimum Gasteiger partial charge on any atom is -0.396 e. The van der Waals surface area contributed by atoms with E-state index in [4.69, 9.17) is 5.11 Å². The summed E-state index contributed by atoms with van der Waals surface area (Å²) in [7, 11) is 0. The highest BCUT2D eigenvalue weighted by atomic mass is 16.3. The molecule has 0 aliphatic rings. The van der Waals surface area contributed by atoms with Crippen LogP contribution in [0.5, 0.6) is 0 Å². The van der Waals surface area contributed by atoms with Gasteiger partial charge in [-0.25, -0.2) is 4.79 Å². The Balaban J connectivity index is 2.61. The highest BCUT2D eigenvalue weighted by Gasteiger charge is 2.12. The molecule has 0 saturated carbocycles. The average Bonchev–Trinajstić information content (AvgIpc) is 2.38. The number of aliphatic hydroxyl groups is 1. The SMILES string of the molecule is CCC(CCO)CNC(=O)Cc1c(C)nc(=O)[nH]c1C. The minimum absolute atomic E-state index is 0.0959. The number of aromatic nitrogens is 2. The smallest absolute Gasteiger partial charge is 0.345 e. The average molecular weight is 281 g/mol. The topological polar surface area (TPSA) is 95.1 Å². The number of rotatable bonds is 7. The van der Waals surface area contributed by atoms with Gasteiger partial charge in [0.2, 0.25) is 5.91 Å². The molecule has 1 amide bonds. The number of hydrogen-bond donors (Lipinski definition) is 3. The van der Waals surface area contributed by atoms with Crippen molar-refractivity contribution in [1.82, 2.24) is 15.3 Å². The Hall–Kier alpha value is -1.69. The fourth-order valence-electron chi connectivity index (χ4n) is 2.13. The number of hydrogen-bond acceptors (Lipinski definition) is 4. The molecule has 1 aromatic rings. The lowest BCUT2D eigenvalue weighted by Crippen LogP contribution is -2.31. The Kier molecular flexibility index (Phi) is 6.38. The Labute approximate surface area is 118 Å². The Bertz CT molecular complexity index is 485. The molecular formula is C14H23N3O3. The summed E-state index contributed by atoms with van der Waals surface area (Å²) in [6.45, 7) is 6.22. The van der Waals surface area contributed by atoms with Crippen molar-refractivity contribution in [2.75, 3.05) is 13.2 Å². The third kappa shape index (κ3) is 4.77. The summed E-state index contributed by atoms with van der Waals surface area (Å²) >= 11 is 0. The highest BCUT2D eigenvalue weighted by Crippen LogP contribution is 2.09. The van der Waals surface area contributed by atoms with E-state index < -0.39 is 5.69 Å². The van der Waals surface area contributed by atoms with Gasteiger partial charge in [0, 0.05) is 30.1 Å². The van der Waals surface area contributed by atoms with Crippen LogP contribution in [0.2, 0.25) is 0 Å². The second-order valence-electron chi connectivity index (χ2n) is 5.00. The zero-order valence-electron chi connectivity index (χ0n) is 12.3. The first kappa shape index (κ1) is 16.4. The maximum absolute atomic E-state index is 11.9. The summed E-state index contributed by atoms with van der Waals surface area (Å²) in [5, 5.41) is 11.8. The van der Waals surface area contributed by atoms with E-state index in [0.717, 1.165) is 12.0 Å². The van der Waals surface area contributed by atoms with E-state index in [9.17, 15) is 9.59 Å². The number of carbonyl (C=O) groups is 1. The third-order valence-electron chi connectivity index (χ3n) is 3.49. The minimum atomic E-state index is -0.391. The van der Waals surface area contributed by atoms with Crippen molar-refractivity contribution in [2.24, 2.45) is 5.92 Å². The molecule has 0 bridgehead atoms. The number of aliphatic hydroxyl groups excluding tert-OH is 1. The van der Waals surface area contributed by atoms with Gasteiger partial charge in [-0.3, -0.25) is 4.79 Å². The van der Waals surface area contributed by atoms with Crippen LogP contribution < -0.4 is 11.0 Å².